The highest BCUT2D eigenvalue weighted by molar-refractivity contribution is 5.85. The van der Waals surface area contributed by atoms with Crippen molar-refractivity contribution in [3.63, 3.8) is 0 Å². The highest BCUT2D eigenvalue weighted by atomic mass is 16.2. The lowest BCUT2D eigenvalue weighted by Gasteiger charge is -2.22. The van der Waals surface area contributed by atoms with Crippen molar-refractivity contribution >= 4 is 11.9 Å². The predicted molar refractivity (Wildman–Crippen MR) is 96.0 cm³/mol. The molecule has 1 amide bonds. The molecule has 0 bridgehead atoms. The van der Waals surface area contributed by atoms with Crippen LogP contribution in [0.15, 0.2) is 17.4 Å². The summed E-state index contributed by atoms with van der Waals surface area (Å²) in [6, 6.07) is 0. The molecule has 7 nitrogen and oxygen atoms in total. The Morgan fingerprint density at radius 3 is 2.79 bits per heavy atom. The molecule has 134 valence electrons. The summed E-state index contributed by atoms with van der Waals surface area (Å²) in [5, 5.41) is 10.5. The number of rotatable bonds is 4. The van der Waals surface area contributed by atoms with Gasteiger partial charge in [-0.2, -0.15) is 5.10 Å². The highest BCUT2D eigenvalue weighted by Gasteiger charge is 2.27. The lowest BCUT2D eigenvalue weighted by Crippen LogP contribution is -2.44. The number of carbonyl (C=O) groups excluding carboxylic acids is 1. The van der Waals surface area contributed by atoms with Crippen LogP contribution < -0.4 is 10.6 Å². The van der Waals surface area contributed by atoms with E-state index in [-0.39, 0.29) is 18.0 Å². The van der Waals surface area contributed by atoms with E-state index in [0.717, 1.165) is 32.0 Å². The SMILES string of the molecule is CCNC(=NCC(=O)NC(C)(C)C)N1CCC(c2cnn(C)c2)C1. The quantitative estimate of drug-likeness (QED) is 0.638. The lowest BCUT2D eigenvalue weighted by atomic mass is 10.0. The van der Waals surface area contributed by atoms with E-state index in [4.69, 9.17) is 0 Å². The summed E-state index contributed by atoms with van der Waals surface area (Å²) in [7, 11) is 1.94. The average molecular weight is 334 g/mol. The van der Waals surface area contributed by atoms with E-state index >= 15 is 0 Å². The standard InChI is InChI=1S/C17H30N6O/c1-6-18-16(19-10-15(24)21-17(2,3)4)23-8-7-13(12-23)14-9-20-22(5)11-14/h9,11,13H,6-8,10,12H2,1-5H3,(H,18,19)(H,21,24). The average Bonchev–Trinajstić information content (AvgIpc) is 3.10. The number of aliphatic imine (C=N–C) groups is 1. The number of hydrogen-bond donors (Lipinski definition) is 2. The fourth-order valence-electron chi connectivity index (χ4n) is 2.91. The Kier molecular flexibility index (Phi) is 5.85. The number of nitrogens with zero attached hydrogens (tertiary/aromatic N) is 4. The first-order valence-electron chi connectivity index (χ1n) is 8.61. The number of likely N-dealkylation sites (tertiary alicyclic amines) is 1. The third kappa shape index (κ3) is 5.25. The number of carbonyl (C=O) groups is 1. The van der Waals surface area contributed by atoms with Gasteiger partial charge in [0.05, 0.1) is 6.20 Å². The van der Waals surface area contributed by atoms with Crippen LogP contribution in [0.1, 0.15) is 45.6 Å². The van der Waals surface area contributed by atoms with Crippen molar-refractivity contribution in [2.24, 2.45) is 12.0 Å². The van der Waals surface area contributed by atoms with E-state index in [9.17, 15) is 4.79 Å². The molecule has 1 aromatic heterocycles. The maximum Gasteiger partial charge on any atom is 0.242 e. The van der Waals surface area contributed by atoms with Gasteiger partial charge >= 0.3 is 0 Å². The molecule has 1 unspecified atom stereocenters. The third-order valence-corrected chi connectivity index (χ3v) is 3.91. The number of aromatic nitrogens is 2. The van der Waals surface area contributed by atoms with Crippen molar-refractivity contribution in [2.75, 3.05) is 26.2 Å². The second-order valence-electron chi connectivity index (χ2n) is 7.35. The van der Waals surface area contributed by atoms with E-state index in [1.54, 1.807) is 0 Å². The molecule has 1 atom stereocenters. The maximum atomic E-state index is 12.0. The fraction of sp³-hybridized carbons (Fsp3) is 0.706. The number of aryl methyl sites for hydroxylation is 1. The van der Waals surface area contributed by atoms with Crippen LogP contribution in [0.2, 0.25) is 0 Å². The Labute approximate surface area is 144 Å². The topological polar surface area (TPSA) is 74.6 Å². The normalized spacial score (nSPS) is 18.8. The van der Waals surface area contributed by atoms with Gasteiger partial charge in [-0.3, -0.25) is 9.48 Å². The second kappa shape index (κ2) is 7.68. The Hall–Kier alpha value is -2.05. The van der Waals surface area contributed by atoms with Gasteiger partial charge in [0.25, 0.3) is 0 Å². The van der Waals surface area contributed by atoms with Crippen molar-refractivity contribution in [3.05, 3.63) is 18.0 Å². The van der Waals surface area contributed by atoms with E-state index in [2.05, 4.69) is 31.8 Å². The summed E-state index contributed by atoms with van der Waals surface area (Å²) in [6.07, 6.45) is 5.09. The van der Waals surface area contributed by atoms with E-state index < -0.39 is 0 Å². The molecule has 1 saturated heterocycles. The van der Waals surface area contributed by atoms with Gasteiger partial charge < -0.3 is 15.5 Å². The number of guanidine groups is 1. The molecule has 2 N–H and O–H groups in total. The molecule has 7 heteroatoms. The monoisotopic (exact) mass is 334 g/mol. The predicted octanol–water partition coefficient (Wildman–Crippen LogP) is 1.09. The Morgan fingerprint density at radius 2 is 2.21 bits per heavy atom. The van der Waals surface area contributed by atoms with E-state index in [0.29, 0.717) is 5.92 Å². The fourth-order valence-corrected chi connectivity index (χ4v) is 2.91. The molecule has 1 fully saturated rings. The molecule has 24 heavy (non-hydrogen) atoms. The minimum atomic E-state index is -0.232. The molecule has 1 aromatic rings. The van der Waals surface area contributed by atoms with Gasteiger partial charge in [0.15, 0.2) is 5.96 Å². The molecule has 1 aliphatic heterocycles. The summed E-state index contributed by atoms with van der Waals surface area (Å²) >= 11 is 0. The zero-order valence-electron chi connectivity index (χ0n) is 15.5. The van der Waals surface area contributed by atoms with E-state index in [1.165, 1.54) is 5.56 Å². The molecule has 2 heterocycles. The molecule has 0 aromatic carbocycles. The summed E-state index contributed by atoms with van der Waals surface area (Å²) in [5.74, 6) is 1.22. The van der Waals surface area contributed by atoms with Crippen LogP contribution in [-0.2, 0) is 11.8 Å². The minimum absolute atomic E-state index is 0.0547. The zero-order chi connectivity index (χ0) is 17.7. The number of hydrogen-bond acceptors (Lipinski definition) is 3. The van der Waals surface area contributed by atoms with Gasteiger partial charge in [0, 0.05) is 44.3 Å². The summed E-state index contributed by atoms with van der Waals surface area (Å²) in [4.78, 5) is 18.7. The number of nitrogens with one attached hydrogen (secondary N) is 2. The highest BCUT2D eigenvalue weighted by Crippen LogP contribution is 2.26. The van der Waals surface area contributed by atoms with Crippen molar-refractivity contribution in [2.45, 2.75) is 45.6 Å². The van der Waals surface area contributed by atoms with Crippen LogP contribution in [0.5, 0.6) is 0 Å². The smallest absolute Gasteiger partial charge is 0.242 e. The van der Waals surface area contributed by atoms with Crippen LogP contribution in [0.4, 0.5) is 0 Å². The largest absolute Gasteiger partial charge is 0.357 e. The molecule has 0 spiro atoms. The van der Waals surface area contributed by atoms with Gasteiger partial charge in [-0.15, -0.1) is 0 Å². The second-order valence-corrected chi connectivity index (χ2v) is 7.35. The zero-order valence-corrected chi connectivity index (χ0v) is 15.5. The first kappa shape index (κ1) is 18.3. The lowest BCUT2D eigenvalue weighted by molar-refractivity contribution is -0.121. The maximum absolute atomic E-state index is 12.0. The molecule has 0 radical (unpaired) electrons. The molecule has 2 rings (SSSR count). The van der Waals surface area contributed by atoms with Crippen molar-refractivity contribution < 1.29 is 4.79 Å². The Balaban J connectivity index is 1.97. The summed E-state index contributed by atoms with van der Waals surface area (Å²) in [5.41, 5.74) is 1.03. The van der Waals surface area contributed by atoms with Crippen LogP contribution in [0.25, 0.3) is 0 Å². The molecule has 1 aliphatic rings. The van der Waals surface area contributed by atoms with Crippen LogP contribution in [0.3, 0.4) is 0 Å². The number of amides is 1. The van der Waals surface area contributed by atoms with E-state index in [1.807, 2.05) is 45.6 Å². The third-order valence-electron chi connectivity index (χ3n) is 3.91. The van der Waals surface area contributed by atoms with Crippen molar-refractivity contribution in [3.8, 4) is 0 Å². The molecule has 0 aliphatic carbocycles. The molecule has 0 saturated carbocycles. The van der Waals surface area contributed by atoms with Crippen molar-refractivity contribution in [1.29, 1.82) is 0 Å². The van der Waals surface area contributed by atoms with Crippen LogP contribution in [-0.4, -0.2) is 58.3 Å². The van der Waals surface area contributed by atoms with Gasteiger partial charge in [0.2, 0.25) is 5.91 Å². The van der Waals surface area contributed by atoms with Gasteiger partial charge in [-0.1, -0.05) is 0 Å². The molecular weight excluding hydrogens is 304 g/mol. The summed E-state index contributed by atoms with van der Waals surface area (Å²) in [6.45, 7) is 10.7. The molecular formula is C17H30N6O. The minimum Gasteiger partial charge on any atom is -0.357 e. The van der Waals surface area contributed by atoms with Crippen molar-refractivity contribution in [1.82, 2.24) is 25.3 Å². The first-order chi connectivity index (χ1) is 11.3. The van der Waals surface area contributed by atoms with Gasteiger partial charge in [-0.05, 0) is 39.7 Å². The van der Waals surface area contributed by atoms with Gasteiger partial charge in [0.1, 0.15) is 6.54 Å². The Morgan fingerprint density at radius 1 is 1.46 bits per heavy atom. The van der Waals surface area contributed by atoms with Crippen LogP contribution >= 0.6 is 0 Å². The first-order valence-corrected chi connectivity index (χ1v) is 8.61. The Bertz CT molecular complexity index is 586. The summed E-state index contributed by atoms with van der Waals surface area (Å²) < 4.78 is 1.84. The van der Waals surface area contributed by atoms with Gasteiger partial charge in [-0.25, -0.2) is 4.99 Å². The van der Waals surface area contributed by atoms with Crippen LogP contribution in [0, 0.1) is 0 Å².